The molecule has 3 amide bonds. The number of urea groups is 1. The number of anilines is 1. The smallest absolute Gasteiger partial charge is 0.325 e. The molecule has 0 aromatic heterocycles. The number of benzene rings is 1. The summed E-state index contributed by atoms with van der Waals surface area (Å²) in [4.78, 5) is 29.1. The molecule has 1 N–H and O–H groups in total. The SMILES string of the molecule is CN(CCO)C(=O)CN1CCN(c2ccc3c(c2)OCCO3)C1=O. The molecule has 2 aliphatic heterocycles. The van der Waals surface area contributed by atoms with Gasteiger partial charge in [-0.05, 0) is 12.1 Å². The van der Waals surface area contributed by atoms with Gasteiger partial charge >= 0.3 is 6.03 Å². The van der Waals surface area contributed by atoms with E-state index in [9.17, 15) is 9.59 Å². The molecule has 2 aliphatic rings. The van der Waals surface area contributed by atoms with Crippen molar-refractivity contribution in [3.05, 3.63) is 18.2 Å². The third-order valence-electron chi connectivity index (χ3n) is 4.12. The van der Waals surface area contributed by atoms with Crippen LogP contribution in [0.5, 0.6) is 11.5 Å². The summed E-state index contributed by atoms with van der Waals surface area (Å²) in [6.07, 6.45) is 0. The fourth-order valence-corrected chi connectivity index (χ4v) is 2.73. The summed E-state index contributed by atoms with van der Waals surface area (Å²) in [5.74, 6) is 1.11. The maximum Gasteiger partial charge on any atom is 0.325 e. The first-order chi connectivity index (χ1) is 11.6. The van der Waals surface area contributed by atoms with Gasteiger partial charge in [0.25, 0.3) is 0 Å². The first kappa shape index (κ1) is 16.4. The van der Waals surface area contributed by atoms with Gasteiger partial charge in [-0.15, -0.1) is 0 Å². The van der Waals surface area contributed by atoms with Gasteiger partial charge in [0.05, 0.1) is 6.61 Å². The predicted molar refractivity (Wildman–Crippen MR) is 86.5 cm³/mol. The molecular formula is C16H21N3O5. The quantitative estimate of drug-likeness (QED) is 0.828. The monoisotopic (exact) mass is 335 g/mol. The first-order valence-corrected chi connectivity index (χ1v) is 7.91. The standard InChI is InChI=1S/C16H21N3O5/c1-17(6-7-20)15(21)11-18-4-5-19(16(18)22)12-2-3-13-14(10-12)24-9-8-23-13/h2-3,10,20H,4-9,11H2,1H3. The second kappa shape index (κ2) is 6.96. The van der Waals surface area contributed by atoms with Crippen LogP contribution in [0.15, 0.2) is 18.2 Å². The van der Waals surface area contributed by atoms with E-state index < -0.39 is 0 Å². The summed E-state index contributed by atoms with van der Waals surface area (Å²) in [6.45, 7) is 2.17. The number of carbonyl (C=O) groups excluding carboxylic acids is 2. The average Bonchev–Trinajstić information content (AvgIpc) is 2.95. The highest BCUT2D eigenvalue weighted by atomic mass is 16.6. The fraction of sp³-hybridized carbons (Fsp3) is 0.500. The van der Waals surface area contributed by atoms with E-state index in [1.54, 1.807) is 24.1 Å². The van der Waals surface area contributed by atoms with Crippen molar-refractivity contribution in [3.8, 4) is 11.5 Å². The van der Waals surface area contributed by atoms with Crippen LogP contribution in [0.3, 0.4) is 0 Å². The van der Waals surface area contributed by atoms with E-state index in [0.717, 1.165) is 5.69 Å². The molecule has 1 saturated heterocycles. The zero-order valence-electron chi connectivity index (χ0n) is 13.6. The highest BCUT2D eigenvalue weighted by Gasteiger charge is 2.32. The van der Waals surface area contributed by atoms with Gasteiger partial charge < -0.3 is 24.4 Å². The molecular weight excluding hydrogens is 314 g/mol. The van der Waals surface area contributed by atoms with Crippen LogP contribution in [0.4, 0.5) is 10.5 Å². The van der Waals surface area contributed by atoms with Crippen molar-refractivity contribution >= 4 is 17.6 Å². The first-order valence-electron chi connectivity index (χ1n) is 7.91. The van der Waals surface area contributed by atoms with Gasteiger partial charge in [-0.2, -0.15) is 0 Å². The molecule has 3 rings (SSSR count). The molecule has 2 heterocycles. The molecule has 0 spiro atoms. The van der Waals surface area contributed by atoms with Gasteiger partial charge in [-0.25, -0.2) is 4.79 Å². The van der Waals surface area contributed by atoms with Crippen molar-refractivity contribution in [1.82, 2.24) is 9.80 Å². The van der Waals surface area contributed by atoms with Gasteiger partial charge in [0.2, 0.25) is 5.91 Å². The number of ether oxygens (including phenoxy) is 2. The summed E-state index contributed by atoms with van der Waals surface area (Å²) in [5.41, 5.74) is 0.725. The Hall–Kier alpha value is -2.48. The molecule has 1 aromatic rings. The predicted octanol–water partition coefficient (Wildman–Crippen LogP) is 0.150. The van der Waals surface area contributed by atoms with E-state index in [2.05, 4.69) is 0 Å². The molecule has 1 fully saturated rings. The zero-order valence-corrected chi connectivity index (χ0v) is 13.6. The number of aliphatic hydroxyl groups excluding tert-OH is 1. The number of fused-ring (bicyclic) bond motifs is 1. The maximum absolute atomic E-state index is 12.5. The minimum atomic E-state index is -0.211. The normalized spacial score (nSPS) is 16.5. The number of amides is 3. The molecule has 24 heavy (non-hydrogen) atoms. The summed E-state index contributed by atoms with van der Waals surface area (Å²) in [5, 5.41) is 8.88. The van der Waals surface area contributed by atoms with Crippen LogP contribution in [-0.2, 0) is 4.79 Å². The number of likely N-dealkylation sites (N-methyl/N-ethyl adjacent to an activating group) is 1. The number of aliphatic hydroxyl groups is 1. The Balaban J connectivity index is 1.67. The Morgan fingerprint density at radius 2 is 2.00 bits per heavy atom. The van der Waals surface area contributed by atoms with Crippen molar-refractivity contribution in [2.75, 3.05) is 57.9 Å². The lowest BCUT2D eigenvalue weighted by Crippen LogP contribution is -2.41. The topological polar surface area (TPSA) is 82.6 Å². The Labute approximate surface area is 140 Å². The van der Waals surface area contributed by atoms with Crippen LogP contribution in [0.2, 0.25) is 0 Å². The number of hydrogen-bond donors (Lipinski definition) is 1. The van der Waals surface area contributed by atoms with Crippen LogP contribution in [0.25, 0.3) is 0 Å². The zero-order chi connectivity index (χ0) is 17.1. The lowest BCUT2D eigenvalue weighted by molar-refractivity contribution is -0.130. The van der Waals surface area contributed by atoms with E-state index in [4.69, 9.17) is 14.6 Å². The molecule has 0 aliphatic carbocycles. The largest absolute Gasteiger partial charge is 0.486 e. The van der Waals surface area contributed by atoms with Crippen LogP contribution in [-0.4, -0.2) is 79.9 Å². The molecule has 130 valence electrons. The van der Waals surface area contributed by atoms with E-state index in [-0.39, 0.29) is 31.6 Å². The minimum Gasteiger partial charge on any atom is -0.486 e. The lowest BCUT2D eigenvalue weighted by Gasteiger charge is -2.23. The third-order valence-corrected chi connectivity index (χ3v) is 4.12. The summed E-state index contributed by atoms with van der Waals surface area (Å²) < 4.78 is 11.0. The Kier molecular flexibility index (Phi) is 4.75. The highest BCUT2D eigenvalue weighted by Crippen LogP contribution is 2.34. The fourth-order valence-electron chi connectivity index (χ4n) is 2.73. The second-order valence-electron chi connectivity index (χ2n) is 5.72. The molecule has 0 radical (unpaired) electrons. The number of rotatable bonds is 5. The van der Waals surface area contributed by atoms with Crippen molar-refractivity contribution < 1.29 is 24.2 Å². The van der Waals surface area contributed by atoms with Crippen LogP contribution >= 0.6 is 0 Å². The summed E-state index contributed by atoms with van der Waals surface area (Å²) in [6, 6.07) is 5.18. The number of hydrogen-bond acceptors (Lipinski definition) is 5. The molecule has 8 heteroatoms. The molecule has 0 unspecified atom stereocenters. The molecule has 1 aromatic carbocycles. The lowest BCUT2D eigenvalue weighted by atomic mass is 10.2. The molecule has 8 nitrogen and oxygen atoms in total. The van der Waals surface area contributed by atoms with Gasteiger partial charge in [-0.1, -0.05) is 0 Å². The van der Waals surface area contributed by atoms with Gasteiger partial charge in [0.1, 0.15) is 19.8 Å². The van der Waals surface area contributed by atoms with Crippen molar-refractivity contribution in [3.63, 3.8) is 0 Å². The minimum absolute atomic E-state index is 0.0103. The third kappa shape index (κ3) is 3.23. The van der Waals surface area contributed by atoms with Crippen molar-refractivity contribution in [1.29, 1.82) is 0 Å². The average molecular weight is 335 g/mol. The highest BCUT2D eigenvalue weighted by molar-refractivity contribution is 5.96. The molecule has 0 bridgehead atoms. The van der Waals surface area contributed by atoms with Gasteiger partial charge in [0.15, 0.2) is 11.5 Å². The van der Waals surface area contributed by atoms with Crippen LogP contribution < -0.4 is 14.4 Å². The van der Waals surface area contributed by atoms with Crippen molar-refractivity contribution in [2.45, 2.75) is 0 Å². The van der Waals surface area contributed by atoms with Crippen molar-refractivity contribution in [2.24, 2.45) is 0 Å². The number of nitrogens with zero attached hydrogens (tertiary/aromatic N) is 3. The Morgan fingerprint density at radius 1 is 1.25 bits per heavy atom. The van der Waals surface area contributed by atoms with Crippen LogP contribution in [0, 0.1) is 0 Å². The summed E-state index contributed by atoms with van der Waals surface area (Å²) in [7, 11) is 1.61. The van der Waals surface area contributed by atoms with Crippen LogP contribution in [0.1, 0.15) is 0 Å². The summed E-state index contributed by atoms with van der Waals surface area (Å²) >= 11 is 0. The van der Waals surface area contributed by atoms with E-state index >= 15 is 0 Å². The van der Waals surface area contributed by atoms with Gasteiger partial charge in [0, 0.05) is 38.4 Å². The molecule has 0 atom stereocenters. The van der Waals surface area contributed by atoms with E-state index in [1.807, 2.05) is 6.07 Å². The second-order valence-corrected chi connectivity index (χ2v) is 5.72. The maximum atomic E-state index is 12.5. The Morgan fingerprint density at radius 3 is 2.75 bits per heavy atom. The Bertz CT molecular complexity index is 636. The number of carbonyl (C=O) groups is 2. The van der Waals surface area contributed by atoms with Gasteiger partial charge in [-0.3, -0.25) is 9.69 Å². The molecule has 0 saturated carbocycles. The van der Waals surface area contributed by atoms with E-state index in [1.165, 1.54) is 9.80 Å². The van der Waals surface area contributed by atoms with E-state index in [0.29, 0.717) is 37.8 Å².